The van der Waals surface area contributed by atoms with E-state index in [1.807, 2.05) is 0 Å². The van der Waals surface area contributed by atoms with Gasteiger partial charge in [-0.25, -0.2) is 0 Å². The van der Waals surface area contributed by atoms with Crippen molar-refractivity contribution in [1.29, 1.82) is 0 Å². The smallest absolute Gasteiger partial charge is 0.0195 e. The normalized spacial score (nSPS) is 25.9. The maximum absolute atomic E-state index is 2.72. The molecule has 2 bridgehead atoms. The Hall–Kier alpha value is -0.380. The first-order chi connectivity index (χ1) is 10.8. The fraction of sp³-hybridized carbons (Fsp3) is 0.900. The predicted octanol–water partition coefficient (Wildman–Crippen LogP) is 3.18. The molecule has 0 unspecified atom stereocenters. The first-order valence-corrected chi connectivity index (χ1v) is 9.51. The Morgan fingerprint density at radius 1 is 0.957 bits per heavy atom. The van der Waals surface area contributed by atoms with Gasteiger partial charge in [-0.2, -0.15) is 0 Å². The summed E-state index contributed by atoms with van der Waals surface area (Å²) in [5.74, 6) is 1.80. The lowest BCUT2D eigenvalue weighted by molar-refractivity contribution is -0.0107. The quantitative estimate of drug-likeness (QED) is 0.572. The predicted molar refractivity (Wildman–Crippen MR) is 101 cm³/mol. The number of fused-ring (bicyclic) bond motifs is 1. The van der Waals surface area contributed by atoms with E-state index in [9.17, 15) is 0 Å². The summed E-state index contributed by atoms with van der Waals surface area (Å²) < 4.78 is 0. The first kappa shape index (κ1) is 19.0. The minimum atomic E-state index is 0.559. The first-order valence-electron chi connectivity index (χ1n) is 9.51. The fourth-order valence-corrected chi connectivity index (χ4v) is 4.41. The van der Waals surface area contributed by atoms with Gasteiger partial charge in [0.15, 0.2) is 0 Å². The third-order valence-electron chi connectivity index (χ3n) is 6.15. The van der Waals surface area contributed by atoms with Crippen LogP contribution in [0.4, 0.5) is 0 Å². The Kier molecular flexibility index (Phi) is 6.70. The van der Waals surface area contributed by atoms with E-state index in [0.717, 1.165) is 11.8 Å². The minimum Gasteiger partial charge on any atom is -0.309 e. The molecule has 0 spiro atoms. The molecule has 1 saturated carbocycles. The lowest BCUT2D eigenvalue weighted by atomic mass is 9.49. The molecule has 3 aliphatic rings. The van der Waals surface area contributed by atoms with E-state index < -0.39 is 0 Å². The highest BCUT2D eigenvalue weighted by Crippen LogP contribution is 2.59. The highest BCUT2D eigenvalue weighted by atomic mass is 15.1. The second kappa shape index (κ2) is 8.13. The van der Waals surface area contributed by atoms with Crippen molar-refractivity contribution >= 4 is 0 Å². The van der Waals surface area contributed by atoms with Crippen LogP contribution in [0, 0.1) is 17.3 Å². The van der Waals surface area contributed by atoms with Crippen LogP contribution < -0.4 is 0 Å². The van der Waals surface area contributed by atoms with E-state index in [1.54, 1.807) is 5.57 Å². The molecule has 2 atom stereocenters. The molecule has 0 N–H and O–H groups in total. The Labute approximate surface area is 144 Å². The van der Waals surface area contributed by atoms with Crippen LogP contribution in [0.15, 0.2) is 11.6 Å². The van der Waals surface area contributed by atoms with Crippen LogP contribution in [0.2, 0.25) is 0 Å². The fourth-order valence-electron chi connectivity index (χ4n) is 4.41. The van der Waals surface area contributed by atoms with Gasteiger partial charge in [-0.05, 0) is 97.3 Å². The number of hydrogen-bond acceptors (Lipinski definition) is 3. The summed E-state index contributed by atoms with van der Waals surface area (Å²) in [4.78, 5) is 7.32. The molecular formula is C20H39N3. The van der Waals surface area contributed by atoms with Gasteiger partial charge in [-0.15, -0.1) is 0 Å². The maximum atomic E-state index is 2.72. The third kappa shape index (κ3) is 5.04. The van der Waals surface area contributed by atoms with Gasteiger partial charge in [-0.3, -0.25) is 4.90 Å². The van der Waals surface area contributed by atoms with E-state index in [1.165, 1.54) is 58.4 Å². The van der Waals surface area contributed by atoms with Gasteiger partial charge >= 0.3 is 0 Å². The number of hydrogen-bond donors (Lipinski definition) is 0. The van der Waals surface area contributed by atoms with Gasteiger partial charge in [0.1, 0.15) is 0 Å². The summed E-state index contributed by atoms with van der Waals surface area (Å²) in [7, 11) is 8.71. The van der Waals surface area contributed by atoms with Crippen molar-refractivity contribution in [2.75, 3.05) is 60.9 Å². The van der Waals surface area contributed by atoms with Crippen LogP contribution in [0.5, 0.6) is 0 Å². The van der Waals surface area contributed by atoms with E-state index in [0.29, 0.717) is 5.41 Å². The van der Waals surface area contributed by atoms with Crippen LogP contribution in [0.1, 0.15) is 39.5 Å². The van der Waals surface area contributed by atoms with Crippen molar-refractivity contribution in [2.45, 2.75) is 39.5 Å². The van der Waals surface area contributed by atoms with Crippen molar-refractivity contribution in [3.05, 3.63) is 11.6 Å². The number of allylic oxidation sites excluding steroid dienone is 1. The van der Waals surface area contributed by atoms with Crippen LogP contribution in [0.3, 0.4) is 0 Å². The van der Waals surface area contributed by atoms with E-state index in [4.69, 9.17) is 0 Å². The summed E-state index contributed by atoms with van der Waals surface area (Å²) in [5, 5.41) is 0. The number of rotatable bonds is 10. The van der Waals surface area contributed by atoms with E-state index in [2.05, 4.69) is 62.8 Å². The second-order valence-corrected chi connectivity index (χ2v) is 8.91. The maximum Gasteiger partial charge on any atom is 0.0195 e. The molecule has 0 saturated heterocycles. The molecular weight excluding hydrogens is 282 g/mol. The molecule has 134 valence electrons. The summed E-state index contributed by atoms with van der Waals surface area (Å²) >= 11 is 0. The van der Waals surface area contributed by atoms with Gasteiger partial charge in [0.2, 0.25) is 0 Å². The van der Waals surface area contributed by atoms with E-state index >= 15 is 0 Å². The summed E-state index contributed by atoms with van der Waals surface area (Å²) in [5.41, 5.74) is 2.30. The average Bonchev–Trinajstić information content (AvgIpc) is 2.46. The van der Waals surface area contributed by atoms with Gasteiger partial charge in [-0.1, -0.05) is 25.5 Å². The summed E-state index contributed by atoms with van der Waals surface area (Å²) in [6.45, 7) is 11.0. The van der Waals surface area contributed by atoms with Crippen molar-refractivity contribution in [3.8, 4) is 0 Å². The molecule has 0 amide bonds. The summed E-state index contributed by atoms with van der Waals surface area (Å²) in [6.07, 6.45) is 7.90. The Bertz CT molecular complexity index is 384. The van der Waals surface area contributed by atoms with Gasteiger partial charge in [0.05, 0.1) is 0 Å². The Morgan fingerprint density at radius 3 is 1.96 bits per heavy atom. The highest BCUT2D eigenvalue weighted by Gasteiger charge is 2.51. The molecule has 3 aliphatic carbocycles. The van der Waals surface area contributed by atoms with Crippen molar-refractivity contribution < 1.29 is 0 Å². The second-order valence-electron chi connectivity index (χ2n) is 8.91. The Balaban J connectivity index is 1.87. The monoisotopic (exact) mass is 321 g/mol. The van der Waals surface area contributed by atoms with Crippen molar-refractivity contribution in [3.63, 3.8) is 0 Å². The minimum absolute atomic E-state index is 0.559. The van der Waals surface area contributed by atoms with Crippen LogP contribution in [-0.2, 0) is 0 Å². The molecule has 0 aromatic rings. The lowest BCUT2D eigenvalue weighted by Gasteiger charge is -2.57. The SMILES string of the molecule is CN(C)CCCN(CCCN(C)C)CC1=CC[C@H]2C[C@@H]1C2(C)C. The molecule has 0 aromatic heterocycles. The van der Waals surface area contributed by atoms with Crippen molar-refractivity contribution in [1.82, 2.24) is 14.7 Å². The lowest BCUT2D eigenvalue weighted by Crippen LogP contribution is -2.50. The molecule has 0 aromatic carbocycles. The van der Waals surface area contributed by atoms with Crippen LogP contribution in [-0.4, -0.2) is 75.6 Å². The third-order valence-corrected chi connectivity index (χ3v) is 6.15. The van der Waals surface area contributed by atoms with Crippen LogP contribution >= 0.6 is 0 Å². The standard InChI is InChI=1S/C20H39N3/c1-20(2)18-10-9-17(19(20)15-18)16-23(13-7-11-21(3)4)14-8-12-22(5)6/h9,18-19H,7-8,10-16H2,1-6H3/t18-,19-/m0/s1. The molecule has 1 fully saturated rings. The highest BCUT2D eigenvalue weighted by molar-refractivity contribution is 5.24. The molecule has 3 rings (SSSR count). The zero-order valence-electron chi connectivity index (χ0n) is 16.4. The average molecular weight is 322 g/mol. The summed E-state index contributed by atoms with van der Waals surface area (Å²) in [6, 6.07) is 0. The molecule has 3 nitrogen and oxygen atoms in total. The van der Waals surface area contributed by atoms with Gasteiger partial charge < -0.3 is 9.80 Å². The zero-order chi connectivity index (χ0) is 17.0. The number of nitrogens with zero attached hydrogens (tertiary/aromatic N) is 3. The van der Waals surface area contributed by atoms with Crippen molar-refractivity contribution in [2.24, 2.45) is 17.3 Å². The Morgan fingerprint density at radius 2 is 1.52 bits per heavy atom. The molecule has 0 aliphatic heterocycles. The van der Waals surface area contributed by atoms with E-state index in [-0.39, 0.29) is 0 Å². The van der Waals surface area contributed by atoms with Crippen LogP contribution in [0.25, 0.3) is 0 Å². The molecule has 0 radical (unpaired) electrons. The molecule has 0 heterocycles. The largest absolute Gasteiger partial charge is 0.309 e. The topological polar surface area (TPSA) is 9.72 Å². The van der Waals surface area contributed by atoms with Gasteiger partial charge in [0, 0.05) is 6.54 Å². The van der Waals surface area contributed by atoms with Gasteiger partial charge in [0.25, 0.3) is 0 Å². The molecule has 3 heteroatoms. The zero-order valence-corrected chi connectivity index (χ0v) is 16.4. The molecule has 23 heavy (non-hydrogen) atoms.